The van der Waals surface area contributed by atoms with E-state index in [0.29, 0.717) is 0 Å². The quantitative estimate of drug-likeness (QED) is 0.820. The van der Waals surface area contributed by atoms with Gasteiger partial charge in [0.1, 0.15) is 17.7 Å². The van der Waals surface area contributed by atoms with Gasteiger partial charge in [-0.25, -0.2) is 9.37 Å². The highest BCUT2D eigenvalue weighted by Crippen LogP contribution is 2.27. The average Bonchev–Trinajstić information content (AvgIpc) is 2.75. The van der Waals surface area contributed by atoms with E-state index in [2.05, 4.69) is 4.98 Å². The van der Waals surface area contributed by atoms with E-state index in [9.17, 15) is 9.50 Å². The summed E-state index contributed by atoms with van der Waals surface area (Å²) in [5.41, 5.74) is 1.67. The van der Waals surface area contributed by atoms with Crippen molar-refractivity contribution in [2.45, 2.75) is 25.5 Å². The molecule has 17 heavy (non-hydrogen) atoms. The monoisotopic (exact) mass is 232 g/mol. The lowest BCUT2D eigenvalue weighted by molar-refractivity contribution is 0.134. The van der Waals surface area contributed by atoms with Gasteiger partial charge in [0.2, 0.25) is 0 Å². The molecule has 1 atom stereocenters. The number of aromatic nitrogens is 2. The Labute approximate surface area is 98.5 Å². The molecule has 0 unspecified atom stereocenters. The normalized spacial score (nSPS) is 19.1. The summed E-state index contributed by atoms with van der Waals surface area (Å²) in [5.74, 6) is 0.466. The fraction of sp³-hybridized carbons (Fsp3) is 0.308. The van der Waals surface area contributed by atoms with Crippen LogP contribution < -0.4 is 0 Å². The maximum atomic E-state index is 12.8. The third-order valence-electron chi connectivity index (χ3n) is 3.12. The van der Waals surface area contributed by atoms with E-state index in [1.165, 1.54) is 12.1 Å². The van der Waals surface area contributed by atoms with Gasteiger partial charge in [-0.1, -0.05) is 0 Å². The van der Waals surface area contributed by atoms with Gasteiger partial charge in [0, 0.05) is 18.3 Å². The lowest BCUT2D eigenvalue weighted by Crippen LogP contribution is -2.14. The third kappa shape index (κ3) is 1.85. The van der Waals surface area contributed by atoms with E-state index in [-0.39, 0.29) is 5.82 Å². The van der Waals surface area contributed by atoms with E-state index < -0.39 is 6.10 Å². The molecule has 0 saturated carbocycles. The molecular formula is C13H13FN2O. The standard InChI is InChI=1S/C13H13FN2O/c14-10-5-3-9(4-6-10)11-8-16-7-1-2-12(17)13(16)15-11/h3-6,8,12,17H,1-2,7H2/t12-/m0/s1. The zero-order valence-corrected chi connectivity index (χ0v) is 9.31. The van der Waals surface area contributed by atoms with Crippen molar-refractivity contribution < 1.29 is 9.50 Å². The average molecular weight is 232 g/mol. The van der Waals surface area contributed by atoms with E-state index in [4.69, 9.17) is 0 Å². The molecule has 0 saturated heterocycles. The maximum Gasteiger partial charge on any atom is 0.138 e. The first kappa shape index (κ1) is 10.5. The summed E-state index contributed by atoms with van der Waals surface area (Å²) in [6.07, 6.45) is 3.18. The lowest BCUT2D eigenvalue weighted by atomic mass is 10.1. The number of hydrogen-bond acceptors (Lipinski definition) is 2. The van der Waals surface area contributed by atoms with Crippen molar-refractivity contribution in [3.05, 3.63) is 42.1 Å². The highest BCUT2D eigenvalue weighted by Gasteiger charge is 2.20. The van der Waals surface area contributed by atoms with Crippen LogP contribution in [0.1, 0.15) is 24.8 Å². The van der Waals surface area contributed by atoms with Gasteiger partial charge in [0.05, 0.1) is 5.69 Å². The zero-order valence-electron chi connectivity index (χ0n) is 9.31. The summed E-state index contributed by atoms with van der Waals surface area (Å²) in [6, 6.07) is 6.25. The number of benzene rings is 1. The van der Waals surface area contributed by atoms with Crippen molar-refractivity contribution in [3.63, 3.8) is 0 Å². The Hall–Kier alpha value is -1.68. The Morgan fingerprint density at radius 2 is 2.06 bits per heavy atom. The second kappa shape index (κ2) is 3.96. The van der Waals surface area contributed by atoms with Crippen LogP contribution in [0.2, 0.25) is 0 Å². The molecule has 0 fully saturated rings. The second-order valence-corrected chi connectivity index (χ2v) is 4.34. The number of fused-ring (bicyclic) bond motifs is 1. The Morgan fingerprint density at radius 1 is 1.29 bits per heavy atom. The van der Waals surface area contributed by atoms with Gasteiger partial charge in [0.15, 0.2) is 0 Å². The summed E-state index contributed by atoms with van der Waals surface area (Å²) >= 11 is 0. The van der Waals surface area contributed by atoms with Crippen molar-refractivity contribution >= 4 is 0 Å². The number of rotatable bonds is 1. The molecule has 0 amide bonds. The van der Waals surface area contributed by atoms with Gasteiger partial charge >= 0.3 is 0 Å². The van der Waals surface area contributed by atoms with Crippen molar-refractivity contribution in [1.82, 2.24) is 9.55 Å². The van der Waals surface area contributed by atoms with Crippen LogP contribution in [-0.2, 0) is 6.54 Å². The lowest BCUT2D eigenvalue weighted by Gasteiger charge is -2.18. The van der Waals surface area contributed by atoms with Crippen molar-refractivity contribution in [3.8, 4) is 11.3 Å². The molecule has 3 rings (SSSR count). The smallest absolute Gasteiger partial charge is 0.138 e. The number of nitrogens with zero attached hydrogens (tertiary/aromatic N) is 2. The molecular weight excluding hydrogens is 219 g/mol. The van der Waals surface area contributed by atoms with Gasteiger partial charge in [-0.2, -0.15) is 0 Å². The molecule has 1 N–H and O–H groups in total. The van der Waals surface area contributed by atoms with Crippen LogP contribution in [-0.4, -0.2) is 14.7 Å². The molecule has 0 spiro atoms. The van der Waals surface area contributed by atoms with E-state index in [1.54, 1.807) is 12.1 Å². The van der Waals surface area contributed by atoms with E-state index in [0.717, 1.165) is 36.5 Å². The summed E-state index contributed by atoms with van der Waals surface area (Å²) in [4.78, 5) is 4.42. The Morgan fingerprint density at radius 3 is 2.76 bits per heavy atom. The molecule has 3 nitrogen and oxygen atoms in total. The van der Waals surface area contributed by atoms with Crippen molar-refractivity contribution in [2.75, 3.05) is 0 Å². The van der Waals surface area contributed by atoms with Gasteiger partial charge in [-0.3, -0.25) is 0 Å². The topological polar surface area (TPSA) is 38.0 Å². The van der Waals surface area contributed by atoms with Crippen LogP contribution in [0, 0.1) is 5.82 Å². The third-order valence-corrected chi connectivity index (χ3v) is 3.12. The summed E-state index contributed by atoms with van der Waals surface area (Å²) in [6.45, 7) is 0.889. The summed E-state index contributed by atoms with van der Waals surface area (Å²) in [7, 11) is 0. The molecule has 2 heterocycles. The van der Waals surface area contributed by atoms with Gasteiger partial charge in [-0.05, 0) is 37.1 Å². The van der Waals surface area contributed by atoms with Gasteiger partial charge in [-0.15, -0.1) is 0 Å². The van der Waals surface area contributed by atoms with Crippen LogP contribution in [0.5, 0.6) is 0 Å². The molecule has 1 aliphatic heterocycles. The number of aryl methyl sites for hydroxylation is 1. The predicted octanol–water partition coefficient (Wildman–Crippen LogP) is 2.52. The number of aliphatic hydroxyl groups excluding tert-OH is 1. The SMILES string of the molecule is O[C@H]1CCCn2cc(-c3ccc(F)cc3)nc21. The summed E-state index contributed by atoms with van der Waals surface area (Å²) < 4.78 is 14.8. The van der Waals surface area contributed by atoms with Gasteiger partial charge in [0.25, 0.3) is 0 Å². The van der Waals surface area contributed by atoms with Crippen LogP contribution in [0.25, 0.3) is 11.3 Å². The van der Waals surface area contributed by atoms with Crippen molar-refractivity contribution in [1.29, 1.82) is 0 Å². The summed E-state index contributed by atoms with van der Waals surface area (Å²) in [5, 5.41) is 9.82. The van der Waals surface area contributed by atoms with E-state index >= 15 is 0 Å². The van der Waals surface area contributed by atoms with Crippen LogP contribution in [0.15, 0.2) is 30.5 Å². The molecule has 1 aromatic carbocycles. The van der Waals surface area contributed by atoms with Crippen LogP contribution in [0.3, 0.4) is 0 Å². The van der Waals surface area contributed by atoms with Crippen LogP contribution in [0.4, 0.5) is 4.39 Å². The van der Waals surface area contributed by atoms with Crippen LogP contribution >= 0.6 is 0 Å². The number of hydrogen-bond donors (Lipinski definition) is 1. The molecule has 0 aliphatic carbocycles. The largest absolute Gasteiger partial charge is 0.385 e. The number of halogens is 1. The zero-order chi connectivity index (χ0) is 11.8. The Bertz CT molecular complexity index is 533. The molecule has 0 bridgehead atoms. The molecule has 0 radical (unpaired) electrons. The highest BCUT2D eigenvalue weighted by atomic mass is 19.1. The fourth-order valence-corrected chi connectivity index (χ4v) is 2.22. The number of aliphatic hydroxyl groups is 1. The molecule has 1 aliphatic rings. The van der Waals surface area contributed by atoms with Gasteiger partial charge < -0.3 is 9.67 Å². The Balaban J connectivity index is 2.02. The molecule has 1 aromatic heterocycles. The minimum Gasteiger partial charge on any atom is -0.385 e. The Kier molecular flexibility index (Phi) is 2.44. The fourth-order valence-electron chi connectivity index (χ4n) is 2.22. The highest BCUT2D eigenvalue weighted by molar-refractivity contribution is 5.58. The first-order valence-electron chi connectivity index (χ1n) is 5.75. The minimum absolute atomic E-state index is 0.252. The first-order chi connectivity index (χ1) is 8.24. The minimum atomic E-state index is -0.474. The molecule has 2 aromatic rings. The van der Waals surface area contributed by atoms with E-state index in [1.807, 2.05) is 10.8 Å². The number of imidazole rings is 1. The maximum absolute atomic E-state index is 12.8. The van der Waals surface area contributed by atoms with Crippen molar-refractivity contribution in [2.24, 2.45) is 0 Å². The predicted molar refractivity (Wildman–Crippen MR) is 61.8 cm³/mol. The first-order valence-corrected chi connectivity index (χ1v) is 5.75. The molecule has 4 heteroatoms. The molecule has 88 valence electrons. The second-order valence-electron chi connectivity index (χ2n) is 4.34.